The van der Waals surface area contributed by atoms with Crippen LogP contribution in [0.1, 0.15) is 31.1 Å². The van der Waals surface area contributed by atoms with Crippen LogP contribution in [0.3, 0.4) is 0 Å². The van der Waals surface area contributed by atoms with Crippen LogP contribution in [0, 0.1) is 5.82 Å². The van der Waals surface area contributed by atoms with Crippen molar-refractivity contribution in [3.05, 3.63) is 35.6 Å². The average Bonchev–Trinajstić information content (AvgIpc) is 2.14. The lowest BCUT2D eigenvalue weighted by molar-refractivity contribution is -0.0589. The summed E-state index contributed by atoms with van der Waals surface area (Å²) in [6, 6.07) is 5.26. The molecule has 0 aliphatic carbocycles. The van der Waals surface area contributed by atoms with Crippen molar-refractivity contribution in [3.63, 3.8) is 0 Å². The van der Waals surface area contributed by atoms with Gasteiger partial charge in [0.05, 0.1) is 5.60 Å². The number of hydrogen-bond acceptors (Lipinski definition) is 2. The van der Waals surface area contributed by atoms with Gasteiger partial charge in [-0.15, -0.1) is 0 Å². The van der Waals surface area contributed by atoms with Crippen LogP contribution in [0.5, 0.6) is 0 Å². The van der Waals surface area contributed by atoms with Crippen molar-refractivity contribution < 1.29 is 14.0 Å². The van der Waals surface area contributed by atoms with Gasteiger partial charge in [0.1, 0.15) is 5.82 Å². The van der Waals surface area contributed by atoms with E-state index < -0.39 is 5.60 Å². The van der Waals surface area contributed by atoms with Crippen LogP contribution in [-0.2, 0) is 4.84 Å². The first kappa shape index (κ1) is 11.7. The molecule has 0 fully saturated rings. The Labute approximate surface area is 88.2 Å². The zero-order chi connectivity index (χ0) is 11.5. The van der Waals surface area contributed by atoms with Crippen LogP contribution in [0.4, 0.5) is 4.39 Å². The molecular weight excluding hydrogens is 197 g/mol. The molecule has 15 heavy (non-hydrogen) atoms. The standard InChI is InChI=1S/C11H14FNO2/c1-11(2,3)15-13-10(14)8-4-6-9(12)7-5-8/h4-7H,1-3H3,(H,13,14). The number of benzene rings is 1. The van der Waals surface area contributed by atoms with Crippen molar-refractivity contribution in [2.75, 3.05) is 0 Å². The number of hydrogen-bond donors (Lipinski definition) is 1. The third-order valence-corrected chi connectivity index (χ3v) is 1.56. The summed E-state index contributed by atoms with van der Waals surface area (Å²) in [6.45, 7) is 5.45. The van der Waals surface area contributed by atoms with Crippen LogP contribution < -0.4 is 5.48 Å². The predicted molar refractivity (Wildman–Crippen MR) is 54.7 cm³/mol. The van der Waals surface area contributed by atoms with E-state index in [9.17, 15) is 9.18 Å². The van der Waals surface area contributed by atoms with Gasteiger partial charge in [0.25, 0.3) is 5.91 Å². The Bertz CT molecular complexity index is 341. The van der Waals surface area contributed by atoms with E-state index >= 15 is 0 Å². The highest BCUT2D eigenvalue weighted by molar-refractivity contribution is 5.93. The van der Waals surface area contributed by atoms with E-state index in [1.165, 1.54) is 24.3 Å². The van der Waals surface area contributed by atoms with Gasteiger partial charge < -0.3 is 0 Å². The van der Waals surface area contributed by atoms with Crippen molar-refractivity contribution in [1.29, 1.82) is 0 Å². The van der Waals surface area contributed by atoms with Crippen LogP contribution in [0.15, 0.2) is 24.3 Å². The summed E-state index contributed by atoms with van der Waals surface area (Å²) in [5.41, 5.74) is 2.21. The van der Waals surface area contributed by atoms with E-state index in [0.717, 1.165) is 0 Å². The van der Waals surface area contributed by atoms with Gasteiger partial charge in [0.15, 0.2) is 0 Å². The highest BCUT2D eigenvalue weighted by Gasteiger charge is 2.13. The molecule has 3 nitrogen and oxygen atoms in total. The number of carbonyl (C=O) groups is 1. The Morgan fingerprint density at radius 2 is 1.80 bits per heavy atom. The number of rotatable bonds is 2. The van der Waals surface area contributed by atoms with Crippen molar-refractivity contribution in [2.45, 2.75) is 26.4 Å². The van der Waals surface area contributed by atoms with Crippen molar-refractivity contribution in [3.8, 4) is 0 Å². The van der Waals surface area contributed by atoms with E-state index in [-0.39, 0.29) is 11.7 Å². The lowest BCUT2D eigenvalue weighted by Gasteiger charge is -2.18. The largest absolute Gasteiger partial charge is 0.274 e. The fourth-order valence-electron chi connectivity index (χ4n) is 0.860. The predicted octanol–water partition coefficient (Wildman–Crippen LogP) is 2.29. The van der Waals surface area contributed by atoms with Crippen LogP contribution in [0.25, 0.3) is 0 Å². The molecule has 82 valence electrons. The second-order valence-corrected chi connectivity index (χ2v) is 4.15. The SMILES string of the molecule is CC(C)(C)ONC(=O)c1ccc(F)cc1. The third kappa shape index (κ3) is 4.08. The normalized spacial score (nSPS) is 11.2. The highest BCUT2D eigenvalue weighted by atomic mass is 19.1. The van der Waals surface area contributed by atoms with Crippen molar-refractivity contribution in [1.82, 2.24) is 5.48 Å². The maximum absolute atomic E-state index is 12.6. The molecule has 0 aliphatic rings. The molecule has 0 aliphatic heterocycles. The van der Waals surface area contributed by atoms with E-state index in [1.54, 1.807) is 0 Å². The van der Waals surface area contributed by atoms with Gasteiger partial charge in [-0.1, -0.05) is 0 Å². The smallest absolute Gasteiger partial charge is 0.268 e. The molecule has 0 radical (unpaired) electrons. The first-order valence-corrected chi connectivity index (χ1v) is 4.62. The van der Waals surface area contributed by atoms with E-state index in [2.05, 4.69) is 5.48 Å². The highest BCUT2D eigenvalue weighted by Crippen LogP contribution is 2.06. The van der Waals surface area contributed by atoms with E-state index in [1.807, 2.05) is 20.8 Å². The summed E-state index contributed by atoms with van der Waals surface area (Å²) in [6.07, 6.45) is 0. The zero-order valence-electron chi connectivity index (χ0n) is 9.00. The number of nitrogens with one attached hydrogen (secondary N) is 1. The van der Waals surface area contributed by atoms with Crippen molar-refractivity contribution in [2.24, 2.45) is 0 Å². The van der Waals surface area contributed by atoms with Crippen molar-refractivity contribution >= 4 is 5.91 Å². The molecule has 0 spiro atoms. The Hall–Kier alpha value is -1.42. The van der Waals surface area contributed by atoms with Gasteiger partial charge in [0.2, 0.25) is 0 Å². The minimum Gasteiger partial charge on any atom is -0.268 e. The summed E-state index contributed by atoms with van der Waals surface area (Å²) in [5.74, 6) is -0.756. The van der Waals surface area contributed by atoms with Gasteiger partial charge >= 0.3 is 0 Å². The van der Waals surface area contributed by atoms with Crippen LogP contribution in [0.2, 0.25) is 0 Å². The van der Waals surface area contributed by atoms with E-state index in [4.69, 9.17) is 4.84 Å². The third-order valence-electron chi connectivity index (χ3n) is 1.56. The summed E-state index contributed by atoms with van der Waals surface area (Å²) < 4.78 is 12.6. The fourth-order valence-corrected chi connectivity index (χ4v) is 0.860. The Kier molecular flexibility index (Phi) is 3.42. The second kappa shape index (κ2) is 4.40. The number of carbonyl (C=O) groups excluding carboxylic acids is 1. The first-order valence-electron chi connectivity index (χ1n) is 4.62. The summed E-state index contributed by atoms with van der Waals surface area (Å²) in [4.78, 5) is 16.5. The first-order chi connectivity index (χ1) is 6.88. The monoisotopic (exact) mass is 211 g/mol. The average molecular weight is 211 g/mol. The number of hydroxylamine groups is 1. The molecule has 0 heterocycles. The molecule has 1 N–H and O–H groups in total. The molecule has 0 atom stereocenters. The van der Waals surface area contributed by atoms with Crippen LogP contribution >= 0.6 is 0 Å². The summed E-state index contributed by atoms with van der Waals surface area (Å²) in [7, 11) is 0. The van der Waals surface area contributed by atoms with Gasteiger partial charge in [-0.2, -0.15) is 0 Å². The lowest BCUT2D eigenvalue weighted by Crippen LogP contribution is -2.33. The molecule has 1 amide bonds. The van der Waals surface area contributed by atoms with Gasteiger partial charge in [-0.25, -0.2) is 9.87 Å². The molecule has 1 aromatic carbocycles. The Morgan fingerprint density at radius 3 is 2.27 bits per heavy atom. The molecule has 0 aromatic heterocycles. The van der Waals surface area contributed by atoms with Crippen LogP contribution in [-0.4, -0.2) is 11.5 Å². The van der Waals surface area contributed by atoms with E-state index in [0.29, 0.717) is 5.56 Å². The second-order valence-electron chi connectivity index (χ2n) is 4.15. The maximum atomic E-state index is 12.6. The molecule has 1 aromatic rings. The van der Waals surface area contributed by atoms with Gasteiger partial charge in [-0.05, 0) is 45.0 Å². The molecule has 0 saturated carbocycles. The van der Waals surface area contributed by atoms with Gasteiger partial charge in [-0.3, -0.25) is 9.63 Å². The molecule has 4 heteroatoms. The molecule has 0 bridgehead atoms. The topological polar surface area (TPSA) is 38.3 Å². The molecular formula is C11H14FNO2. The zero-order valence-corrected chi connectivity index (χ0v) is 9.00. The lowest BCUT2D eigenvalue weighted by atomic mass is 10.2. The summed E-state index contributed by atoms with van der Waals surface area (Å²) in [5, 5.41) is 0. The Balaban J connectivity index is 2.58. The Morgan fingerprint density at radius 1 is 1.27 bits per heavy atom. The molecule has 0 saturated heterocycles. The fraction of sp³-hybridized carbons (Fsp3) is 0.364. The minimum atomic E-state index is -0.449. The molecule has 1 rings (SSSR count). The van der Waals surface area contributed by atoms with Gasteiger partial charge in [0, 0.05) is 5.56 Å². The quantitative estimate of drug-likeness (QED) is 0.762. The minimum absolute atomic E-state index is 0.362. The maximum Gasteiger partial charge on any atom is 0.274 e. The number of halogens is 1. The summed E-state index contributed by atoms with van der Waals surface area (Å²) >= 11 is 0. The molecule has 0 unspecified atom stereocenters. The number of amides is 1.